The molecule has 1 N–H and O–H groups in total. The molecule has 1 aromatic carbocycles. The SMILES string of the molecule is CCc1ccc(NC(=O)CSc2nc(=O)n(CCN3CCOCC3)c3c2CCCC3)cc1. The fraction of sp³-hybridized carbons (Fsp3) is 0.542. The van der Waals surface area contributed by atoms with Crippen molar-refractivity contribution >= 4 is 23.4 Å². The maximum Gasteiger partial charge on any atom is 0.348 e. The summed E-state index contributed by atoms with van der Waals surface area (Å²) in [5.41, 5.74) is 4.10. The first-order valence-corrected chi connectivity index (χ1v) is 12.6. The van der Waals surface area contributed by atoms with Crippen molar-refractivity contribution in [1.29, 1.82) is 0 Å². The molecule has 1 saturated heterocycles. The van der Waals surface area contributed by atoms with Gasteiger partial charge in [-0.25, -0.2) is 4.79 Å². The molecule has 4 rings (SSSR count). The van der Waals surface area contributed by atoms with Gasteiger partial charge in [0, 0.05) is 43.1 Å². The first kappa shape index (κ1) is 23.0. The zero-order valence-electron chi connectivity index (χ0n) is 18.8. The lowest BCUT2D eigenvalue weighted by Gasteiger charge is -2.28. The number of benzene rings is 1. The Morgan fingerprint density at radius 2 is 1.88 bits per heavy atom. The molecule has 0 unspecified atom stereocenters. The van der Waals surface area contributed by atoms with Gasteiger partial charge in [-0.2, -0.15) is 4.98 Å². The number of rotatable bonds is 8. The summed E-state index contributed by atoms with van der Waals surface area (Å²) in [6.07, 6.45) is 4.98. The van der Waals surface area contributed by atoms with Crippen LogP contribution >= 0.6 is 11.8 Å². The number of ether oxygens (including phenoxy) is 1. The molecule has 2 heterocycles. The predicted molar refractivity (Wildman–Crippen MR) is 128 cm³/mol. The summed E-state index contributed by atoms with van der Waals surface area (Å²) < 4.78 is 7.28. The number of morpholine rings is 1. The van der Waals surface area contributed by atoms with Gasteiger partial charge in [0.25, 0.3) is 0 Å². The van der Waals surface area contributed by atoms with Gasteiger partial charge in [-0.15, -0.1) is 0 Å². The van der Waals surface area contributed by atoms with Gasteiger partial charge < -0.3 is 10.1 Å². The highest BCUT2D eigenvalue weighted by atomic mass is 32.2. The van der Waals surface area contributed by atoms with Crippen LogP contribution < -0.4 is 11.0 Å². The molecule has 0 atom stereocenters. The van der Waals surface area contributed by atoms with E-state index < -0.39 is 0 Å². The minimum atomic E-state index is -0.197. The second-order valence-electron chi connectivity index (χ2n) is 8.32. The highest BCUT2D eigenvalue weighted by Gasteiger charge is 2.22. The molecule has 0 bridgehead atoms. The number of aromatic nitrogens is 2. The van der Waals surface area contributed by atoms with Crippen LogP contribution in [0.1, 0.15) is 36.6 Å². The molecule has 1 aliphatic carbocycles. The van der Waals surface area contributed by atoms with Crippen LogP contribution in [0.2, 0.25) is 0 Å². The van der Waals surface area contributed by atoms with Gasteiger partial charge in [-0.3, -0.25) is 14.3 Å². The Morgan fingerprint density at radius 1 is 1.12 bits per heavy atom. The molecule has 32 heavy (non-hydrogen) atoms. The highest BCUT2D eigenvalue weighted by Crippen LogP contribution is 2.28. The third-order valence-corrected chi connectivity index (χ3v) is 7.20. The summed E-state index contributed by atoms with van der Waals surface area (Å²) in [4.78, 5) is 32.1. The third kappa shape index (κ3) is 5.79. The van der Waals surface area contributed by atoms with E-state index in [2.05, 4.69) is 22.1 Å². The molecule has 1 aromatic heterocycles. The average molecular weight is 457 g/mol. The minimum absolute atomic E-state index is 0.0814. The number of carbonyl (C=O) groups is 1. The van der Waals surface area contributed by atoms with Crippen LogP contribution in [-0.4, -0.2) is 59.0 Å². The van der Waals surface area contributed by atoms with Gasteiger partial charge in [0.05, 0.1) is 19.0 Å². The van der Waals surface area contributed by atoms with Crippen molar-refractivity contribution in [2.24, 2.45) is 0 Å². The third-order valence-electron chi connectivity index (χ3n) is 6.18. The fourth-order valence-electron chi connectivity index (χ4n) is 4.32. The number of hydrogen-bond donors (Lipinski definition) is 1. The van der Waals surface area contributed by atoms with Gasteiger partial charge in [-0.1, -0.05) is 30.8 Å². The molecule has 1 aliphatic heterocycles. The molecule has 2 aliphatic rings. The number of aryl methyl sites for hydroxylation is 1. The van der Waals surface area contributed by atoms with Crippen molar-refractivity contribution in [2.45, 2.75) is 50.6 Å². The quantitative estimate of drug-likeness (QED) is 0.486. The normalized spacial score (nSPS) is 16.5. The largest absolute Gasteiger partial charge is 0.379 e. The second-order valence-corrected chi connectivity index (χ2v) is 9.29. The molecule has 0 saturated carbocycles. The van der Waals surface area contributed by atoms with E-state index in [0.29, 0.717) is 6.54 Å². The van der Waals surface area contributed by atoms with E-state index in [1.165, 1.54) is 17.3 Å². The summed E-state index contributed by atoms with van der Waals surface area (Å²) in [6.45, 7) is 6.94. The number of amides is 1. The molecular formula is C24H32N4O3S. The number of hydrogen-bond acceptors (Lipinski definition) is 6. The van der Waals surface area contributed by atoms with Crippen molar-refractivity contribution in [1.82, 2.24) is 14.5 Å². The maximum atomic E-state index is 12.9. The van der Waals surface area contributed by atoms with E-state index >= 15 is 0 Å². The van der Waals surface area contributed by atoms with Crippen LogP contribution in [0.25, 0.3) is 0 Å². The first-order chi connectivity index (χ1) is 15.6. The van der Waals surface area contributed by atoms with Crippen molar-refractivity contribution in [3.8, 4) is 0 Å². The molecule has 2 aromatic rings. The van der Waals surface area contributed by atoms with Gasteiger partial charge >= 0.3 is 5.69 Å². The topological polar surface area (TPSA) is 76.5 Å². The Morgan fingerprint density at radius 3 is 2.62 bits per heavy atom. The lowest BCUT2D eigenvalue weighted by atomic mass is 9.97. The summed E-state index contributed by atoms with van der Waals surface area (Å²) in [5, 5.41) is 3.67. The van der Waals surface area contributed by atoms with Crippen molar-refractivity contribution < 1.29 is 9.53 Å². The van der Waals surface area contributed by atoms with E-state index in [9.17, 15) is 9.59 Å². The number of nitrogens with zero attached hydrogens (tertiary/aromatic N) is 3. The van der Waals surface area contributed by atoms with E-state index in [4.69, 9.17) is 4.74 Å². The Kier molecular flexibility index (Phi) is 8.00. The number of nitrogens with one attached hydrogen (secondary N) is 1. The van der Waals surface area contributed by atoms with Crippen LogP contribution in [0.15, 0.2) is 34.1 Å². The van der Waals surface area contributed by atoms with E-state index in [0.717, 1.165) is 86.9 Å². The zero-order valence-corrected chi connectivity index (χ0v) is 19.6. The van der Waals surface area contributed by atoms with Gasteiger partial charge in [-0.05, 0) is 49.8 Å². The number of fused-ring (bicyclic) bond motifs is 1. The second kappa shape index (κ2) is 11.1. The Bertz CT molecular complexity index is 984. The molecule has 7 nitrogen and oxygen atoms in total. The fourth-order valence-corrected chi connectivity index (χ4v) is 5.20. The molecule has 1 amide bonds. The van der Waals surface area contributed by atoms with Crippen molar-refractivity contribution in [3.63, 3.8) is 0 Å². The van der Waals surface area contributed by atoms with Crippen LogP contribution in [0.3, 0.4) is 0 Å². The predicted octanol–water partition coefficient (Wildman–Crippen LogP) is 2.75. The summed E-state index contributed by atoms with van der Waals surface area (Å²) in [5.74, 6) is 0.161. The number of anilines is 1. The summed E-state index contributed by atoms with van der Waals surface area (Å²) in [7, 11) is 0. The molecule has 8 heteroatoms. The smallest absolute Gasteiger partial charge is 0.348 e. The van der Waals surface area contributed by atoms with E-state index in [-0.39, 0.29) is 17.3 Å². The molecule has 0 radical (unpaired) electrons. The van der Waals surface area contributed by atoms with Crippen LogP contribution in [0, 0.1) is 0 Å². The summed E-state index contributed by atoms with van der Waals surface area (Å²) >= 11 is 1.38. The molecule has 0 spiro atoms. The minimum Gasteiger partial charge on any atom is -0.379 e. The Labute approximate surface area is 193 Å². The maximum absolute atomic E-state index is 12.9. The first-order valence-electron chi connectivity index (χ1n) is 11.6. The van der Waals surface area contributed by atoms with E-state index in [1.54, 1.807) is 0 Å². The molecule has 1 fully saturated rings. The summed E-state index contributed by atoms with van der Waals surface area (Å²) in [6, 6.07) is 7.91. The van der Waals surface area contributed by atoms with Gasteiger partial charge in [0.2, 0.25) is 5.91 Å². The Balaban J connectivity index is 1.42. The number of carbonyl (C=O) groups excluding carboxylic acids is 1. The Hall–Kier alpha value is -2.16. The molecular weight excluding hydrogens is 424 g/mol. The number of thioether (sulfide) groups is 1. The van der Waals surface area contributed by atoms with Crippen molar-refractivity contribution in [3.05, 3.63) is 51.6 Å². The lowest BCUT2D eigenvalue weighted by molar-refractivity contribution is -0.113. The lowest BCUT2D eigenvalue weighted by Crippen LogP contribution is -2.40. The zero-order chi connectivity index (χ0) is 22.3. The van der Waals surface area contributed by atoms with E-state index in [1.807, 2.05) is 28.8 Å². The van der Waals surface area contributed by atoms with Crippen molar-refractivity contribution in [2.75, 3.05) is 43.9 Å². The standard InChI is InChI=1S/C24H32N4O3S/c1-2-18-7-9-19(10-8-18)25-22(29)17-32-23-20-5-3-4-6-21(20)28(24(30)26-23)12-11-27-13-15-31-16-14-27/h7-10H,2-6,11-17H2,1H3,(H,25,29). The van der Waals surface area contributed by atoms with Crippen LogP contribution in [-0.2, 0) is 35.3 Å². The van der Waals surface area contributed by atoms with Gasteiger partial charge in [0.15, 0.2) is 0 Å². The van der Waals surface area contributed by atoms with Crippen LogP contribution in [0.4, 0.5) is 5.69 Å². The molecule has 172 valence electrons. The highest BCUT2D eigenvalue weighted by molar-refractivity contribution is 8.00. The monoisotopic (exact) mass is 456 g/mol. The van der Waals surface area contributed by atoms with Gasteiger partial charge in [0.1, 0.15) is 5.03 Å². The van der Waals surface area contributed by atoms with Crippen LogP contribution in [0.5, 0.6) is 0 Å². The average Bonchev–Trinajstić information content (AvgIpc) is 2.83.